The molecule has 11 heteroatoms. The Balaban J connectivity index is 1.26. The highest BCUT2D eigenvalue weighted by Crippen LogP contribution is 2.40. The van der Waals surface area contributed by atoms with Gasteiger partial charge in [0, 0.05) is 30.7 Å². The van der Waals surface area contributed by atoms with Crippen LogP contribution in [0.15, 0.2) is 24.4 Å². The van der Waals surface area contributed by atoms with E-state index in [4.69, 9.17) is 5.26 Å². The molecule has 2 aromatic heterocycles. The van der Waals surface area contributed by atoms with Crippen LogP contribution in [0.1, 0.15) is 37.9 Å². The number of nitrogens with one attached hydrogen (secondary N) is 1. The van der Waals surface area contributed by atoms with Crippen LogP contribution in [0.5, 0.6) is 5.75 Å². The number of anilines is 1. The number of nitriles is 1. The monoisotopic (exact) mass is 461 g/mol. The van der Waals surface area contributed by atoms with Crippen molar-refractivity contribution in [2.75, 3.05) is 4.90 Å². The summed E-state index contributed by atoms with van der Waals surface area (Å²) in [6.07, 6.45) is 5.38. The Morgan fingerprint density at radius 1 is 1.21 bits per heavy atom. The summed E-state index contributed by atoms with van der Waals surface area (Å²) in [5.41, 5.74) is 0.984. The Kier molecular flexibility index (Phi) is 4.91. The molecule has 3 aromatic rings. The lowest BCUT2D eigenvalue weighted by molar-refractivity contribution is 0.171. The topological polar surface area (TPSA) is 129 Å². The molecule has 2 saturated heterocycles. The molecule has 0 unspecified atom stereocenters. The van der Waals surface area contributed by atoms with Gasteiger partial charge in [-0.2, -0.15) is 15.3 Å². The zero-order valence-corrected chi connectivity index (χ0v) is 18.6. The van der Waals surface area contributed by atoms with Crippen molar-refractivity contribution >= 4 is 5.82 Å². The van der Waals surface area contributed by atoms with Crippen molar-refractivity contribution in [3.05, 3.63) is 30.2 Å². The number of rotatable bonds is 5. The van der Waals surface area contributed by atoms with E-state index in [1.54, 1.807) is 25.4 Å². The SMILES string of the molecule is Cn1nc(-c2ccc(-c3ncc(N(C4CC4)[C@@H]4C[C@H]5CC[C@H](N5)[C@@H]4F)nn3)c(O)c2)nc1C#N. The van der Waals surface area contributed by atoms with Crippen molar-refractivity contribution in [2.45, 2.75) is 62.4 Å². The molecule has 0 amide bonds. The molecule has 1 saturated carbocycles. The molecule has 10 nitrogen and oxygen atoms in total. The number of piperidine rings is 1. The van der Waals surface area contributed by atoms with Gasteiger partial charge in [-0.25, -0.2) is 14.1 Å². The van der Waals surface area contributed by atoms with Gasteiger partial charge in [0.2, 0.25) is 5.82 Å². The van der Waals surface area contributed by atoms with E-state index in [1.807, 2.05) is 6.07 Å². The number of hydrogen-bond donors (Lipinski definition) is 2. The van der Waals surface area contributed by atoms with Crippen LogP contribution in [0.4, 0.5) is 10.2 Å². The van der Waals surface area contributed by atoms with Crippen LogP contribution >= 0.6 is 0 Å². The number of fused-ring (bicyclic) bond motifs is 2. The number of aryl methyl sites for hydroxylation is 1. The molecular formula is C23H24FN9O. The maximum absolute atomic E-state index is 15.3. The number of benzene rings is 1. The molecule has 2 aliphatic heterocycles. The van der Waals surface area contributed by atoms with E-state index in [0.29, 0.717) is 28.8 Å². The molecule has 1 aromatic carbocycles. The number of aromatic hydroxyl groups is 1. The molecule has 6 rings (SSSR count). The number of hydrogen-bond acceptors (Lipinski definition) is 9. The molecule has 1 aliphatic carbocycles. The van der Waals surface area contributed by atoms with E-state index < -0.39 is 6.17 Å². The maximum atomic E-state index is 15.3. The van der Waals surface area contributed by atoms with Gasteiger partial charge in [0.05, 0.1) is 17.8 Å². The molecule has 4 heterocycles. The molecule has 4 atom stereocenters. The first-order chi connectivity index (χ1) is 16.5. The predicted molar refractivity (Wildman–Crippen MR) is 120 cm³/mol. The molecular weight excluding hydrogens is 437 g/mol. The van der Waals surface area contributed by atoms with Gasteiger partial charge in [-0.15, -0.1) is 10.2 Å². The lowest BCUT2D eigenvalue weighted by atomic mass is 9.96. The fourth-order valence-electron chi connectivity index (χ4n) is 5.20. The zero-order valence-electron chi connectivity index (χ0n) is 18.6. The van der Waals surface area contributed by atoms with Gasteiger partial charge in [0.25, 0.3) is 0 Å². The highest BCUT2D eigenvalue weighted by atomic mass is 19.1. The van der Waals surface area contributed by atoms with Crippen LogP contribution in [0.25, 0.3) is 22.8 Å². The Bertz CT molecular complexity index is 1270. The summed E-state index contributed by atoms with van der Waals surface area (Å²) in [6.45, 7) is 0. The lowest BCUT2D eigenvalue weighted by Crippen LogP contribution is -2.57. The summed E-state index contributed by atoms with van der Waals surface area (Å²) in [4.78, 5) is 10.7. The summed E-state index contributed by atoms with van der Waals surface area (Å²) >= 11 is 0. The fraction of sp³-hybridized carbons (Fsp3) is 0.478. The van der Waals surface area contributed by atoms with Gasteiger partial charge >= 0.3 is 0 Å². The van der Waals surface area contributed by atoms with Crippen LogP contribution in [0.2, 0.25) is 0 Å². The van der Waals surface area contributed by atoms with Crippen molar-refractivity contribution in [1.29, 1.82) is 5.26 Å². The van der Waals surface area contributed by atoms with Gasteiger partial charge in [-0.05, 0) is 44.2 Å². The fourth-order valence-corrected chi connectivity index (χ4v) is 5.20. The zero-order chi connectivity index (χ0) is 23.4. The standard InChI is InChI=1S/C23H24FN9O/c1-32-19(10-25)28-22(31-32)12-2-6-15(18(34)8-12)23-26-11-20(29-30-23)33(14-4-5-14)17-9-13-3-7-16(27-13)21(17)24/h2,6,8,11,13-14,16-17,21,27,34H,3-5,7,9H2,1H3/t13-,16+,17-,21+/m1/s1. The van der Waals surface area contributed by atoms with Crippen LogP contribution in [-0.2, 0) is 7.05 Å². The van der Waals surface area contributed by atoms with E-state index in [-0.39, 0.29) is 35.5 Å². The highest BCUT2D eigenvalue weighted by Gasteiger charge is 2.48. The second-order valence-electron chi connectivity index (χ2n) is 9.30. The first kappa shape index (κ1) is 20.9. The normalized spacial score (nSPS) is 25.8. The van der Waals surface area contributed by atoms with Crippen molar-refractivity contribution in [1.82, 2.24) is 35.3 Å². The molecule has 174 valence electrons. The second kappa shape index (κ2) is 7.99. The molecule has 34 heavy (non-hydrogen) atoms. The number of halogens is 1. The van der Waals surface area contributed by atoms with Crippen molar-refractivity contribution in [3.63, 3.8) is 0 Å². The number of alkyl halides is 1. The third kappa shape index (κ3) is 3.54. The van der Waals surface area contributed by atoms with Crippen LogP contribution < -0.4 is 10.2 Å². The largest absolute Gasteiger partial charge is 0.507 e. The van der Waals surface area contributed by atoms with E-state index in [1.165, 1.54) is 10.7 Å². The summed E-state index contributed by atoms with van der Waals surface area (Å²) in [6, 6.07) is 7.22. The van der Waals surface area contributed by atoms with Gasteiger partial charge in [-0.3, -0.25) is 0 Å². The van der Waals surface area contributed by atoms with Crippen molar-refractivity contribution in [3.8, 4) is 34.6 Å². The summed E-state index contributed by atoms with van der Waals surface area (Å²) in [7, 11) is 1.63. The Hall–Kier alpha value is -3.65. The van der Waals surface area contributed by atoms with E-state index >= 15 is 4.39 Å². The smallest absolute Gasteiger partial charge is 0.231 e. The van der Waals surface area contributed by atoms with Crippen molar-refractivity contribution < 1.29 is 9.50 Å². The minimum atomic E-state index is -0.945. The molecule has 0 radical (unpaired) electrons. The van der Waals surface area contributed by atoms with E-state index in [2.05, 4.69) is 35.5 Å². The molecule has 2 N–H and O–H groups in total. The lowest BCUT2D eigenvalue weighted by Gasteiger charge is -2.40. The molecule has 2 bridgehead atoms. The number of nitrogens with zero attached hydrogens (tertiary/aromatic N) is 8. The average Bonchev–Trinajstić information content (AvgIpc) is 3.48. The number of phenols is 1. The van der Waals surface area contributed by atoms with E-state index in [9.17, 15) is 5.11 Å². The first-order valence-electron chi connectivity index (χ1n) is 11.5. The van der Waals surface area contributed by atoms with Crippen LogP contribution in [0, 0.1) is 11.3 Å². The average molecular weight is 462 g/mol. The van der Waals surface area contributed by atoms with E-state index in [0.717, 1.165) is 32.1 Å². The third-order valence-electron chi connectivity index (χ3n) is 7.03. The Labute approximate surface area is 195 Å². The number of phenolic OH excluding ortho intramolecular Hbond substituents is 1. The highest BCUT2D eigenvalue weighted by molar-refractivity contribution is 5.70. The van der Waals surface area contributed by atoms with Gasteiger partial charge < -0.3 is 15.3 Å². The third-order valence-corrected chi connectivity index (χ3v) is 7.03. The first-order valence-corrected chi connectivity index (χ1v) is 11.5. The van der Waals surface area contributed by atoms with Crippen molar-refractivity contribution in [2.24, 2.45) is 7.05 Å². The number of aromatic nitrogens is 6. The van der Waals surface area contributed by atoms with Gasteiger partial charge in [0.1, 0.15) is 18.0 Å². The molecule has 0 spiro atoms. The predicted octanol–water partition coefficient (Wildman–Crippen LogP) is 2.11. The van der Waals surface area contributed by atoms with Crippen LogP contribution in [-0.4, -0.2) is 65.4 Å². The maximum Gasteiger partial charge on any atom is 0.231 e. The second-order valence-corrected chi connectivity index (χ2v) is 9.30. The summed E-state index contributed by atoms with van der Waals surface area (Å²) < 4.78 is 16.6. The summed E-state index contributed by atoms with van der Waals surface area (Å²) in [5, 5.41) is 36.0. The Morgan fingerprint density at radius 3 is 2.74 bits per heavy atom. The van der Waals surface area contributed by atoms with Gasteiger partial charge in [0.15, 0.2) is 17.5 Å². The summed E-state index contributed by atoms with van der Waals surface area (Å²) in [5.74, 6) is 1.33. The van der Waals surface area contributed by atoms with Crippen LogP contribution in [0.3, 0.4) is 0 Å². The minimum absolute atomic E-state index is 0.0455. The minimum Gasteiger partial charge on any atom is -0.507 e. The molecule has 3 fully saturated rings. The Morgan fingerprint density at radius 2 is 2.06 bits per heavy atom. The van der Waals surface area contributed by atoms with Gasteiger partial charge in [-0.1, -0.05) is 6.07 Å². The molecule has 3 aliphatic rings. The quantitative estimate of drug-likeness (QED) is 0.587.